The van der Waals surface area contributed by atoms with Crippen LogP contribution in [0.1, 0.15) is 48.0 Å². The summed E-state index contributed by atoms with van der Waals surface area (Å²) in [5.41, 5.74) is 1.53. The minimum Gasteiger partial charge on any atom is -0.504 e. The van der Waals surface area contributed by atoms with Gasteiger partial charge in [-0.1, -0.05) is 53.3 Å². The summed E-state index contributed by atoms with van der Waals surface area (Å²) >= 11 is 1.32. The van der Waals surface area contributed by atoms with Crippen molar-refractivity contribution in [3.8, 4) is 17.2 Å². The topological polar surface area (TPSA) is 78.1 Å². The van der Waals surface area contributed by atoms with Crippen molar-refractivity contribution in [1.29, 1.82) is 0 Å². The molecule has 174 valence electrons. The highest BCUT2D eigenvalue weighted by atomic mass is 32.2. The van der Waals surface area contributed by atoms with Gasteiger partial charge < -0.3 is 23.4 Å². The molecule has 2 aromatic rings. The zero-order chi connectivity index (χ0) is 23.3. The molecule has 1 aromatic carbocycles. The van der Waals surface area contributed by atoms with Gasteiger partial charge in [-0.3, -0.25) is 4.79 Å². The van der Waals surface area contributed by atoms with Gasteiger partial charge in [-0.25, -0.2) is 0 Å². The molecule has 6 nitrogen and oxygen atoms in total. The van der Waals surface area contributed by atoms with Crippen LogP contribution in [0.3, 0.4) is 0 Å². The number of ether oxygens (including phenoxy) is 2. The molecule has 1 N–H and O–H groups in total. The standard InChI is InChI=1S/C23H36O6SSi/c1-14(2)31(15(3)4,16(5)6)28-11-9-10-27-19-13-18-21(22(25)23(19)26-7)17(24)12-20(29-18)30-8/h12-16,25H,9-11H2,1-8H3. The predicted molar refractivity (Wildman–Crippen MR) is 130 cm³/mol. The van der Waals surface area contributed by atoms with Crippen LogP contribution in [0.4, 0.5) is 0 Å². The van der Waals surface area contributed by atoms with Crippen molar-refractivity contribution < 1.29 is 23.4 Å². The van der Waals surface area contributed by atoms with E-state index in [1.165, 1.54) is 24.9 Å². The second-order valence-corrected chi connectivity index (χ2v) is 14.9. The molecule has 0 aliphatic carbocycles. The van der Waals surface area contributed by atoms with Gasteiger partial charge in [0.05, 0.1) is 13.7 Å². The van der Waals surface area contributed by atoms with E-state index in [0.717, 1.165) is 0 Å². The minimum atomic E-state index is -1.91. The van der Waals surface area contributed by atoms with Crippen LogP contribution in [-0.2, 0) is 4.43 Å². The number of rotatable bonds is 11. The highest BCUT2D eigenvalue weighted by Crippen LogP contribution is 2.43. The lowest BCUT2D eigenvalue weighted by Gasteiger charge is -2.42. The molecule has 0 aliphatic heterocycles. The molecule has 0 amide bonds. The Kier molecular flexibility index (Phi) is 8.91. The van der Waals surface area contributed by atoms with E-state index in [2.05, 4.69) is 41.5 Å². The van der Waals surface area contributed by atoms with Gasteiger partial charge in [0.2, 0.25) is 5.75 Å². The number of hydrogen-bond acceptors (Lipinski definition) is 7. The fourth-order valence-corrected chi connectivity index (χ4v) is 10.5. The molecule has 0 unspecified atom stereocenters. The first-order valence-corrected chi connectivity index (χ1v) is 14.1. The van der Waals surface area contributed by atoms with Crippen LogP contribution in [0.2, 0.25) is 16.6 Å². The van der Waals surface area contributed by atoms with E-state index in [1.807, 2.05) is 6.26 Å². The summed E-state index contributed by atoms with van der Waals surface area (Å²) in [7, 11) is -0.476. The second-order valence-electron chi connectivity index (χ2n) is 8.63. The lowest BCUT2D eigenvalue weighted by molar-refractivity contribution is 0.222. The van der Waals surface area contributed by atoms with Gasteiger partial charge in [-0.15, -0.1) is 0 Å². The van der Waals surface area contributed by atoms with Crippen molar-refractivity contribution in [1.82, 2.24) is 0 Å². The number of methoxy groups -OCH3 is 1. The van der Waals surface area contributed by atoms with Crippen molar-refractivity contribution in [3.63, 3.8) is 0 Å². The molecule has 1 heterocycles. The molecule has 1 aromatic heterocycles. The molecule has 0 radical (unpaired) electrons. The maximum atomic E-state index is 12.4. The lowest BCUT2D eigenvalue weighted by Crippen LogP contribution is -2.48. The minimum absolute atomic E-state index is 0.0897. The smallest absolute Gasteiger partial charge is 0.204 e. The van der Waals surface area contributed by atoms with Gasteiger partial charge in [0, 0.05) is 25.2 Å². The van der Waals surface area contributed by atoms with Crippen molar-refractivity contribution in [2.45, 2.75) is 69.7 Å². The average molecular weight is 469 g/mol. The molecule has 0 aliphatic rings. The molecule has 0 atom stereocenters. The van der Waals surface area contributed by atoms with Crippen LogP contribution in [0.5, 0.6) is 17.2 Å². The molecule has 8 heteroatoms. The highest BCUT2D eigenvalue weighted by molar-refractivity contribution is 7.98. The first-order valence-electron chi connectivity index (χ1n) is 10.8. The molecule has 0 saturated heterocycles. The van der Waals surface area contributed by atoms with E-state index in [0.29, 0.717) is 47.1 Å². The Morgan fingerprint density at radius 1 is 1.06 bits per heavy atom. The number of aromatic hydroxyl groups is 1. The van der Waals surface area contributed by atoms with E-state index in [4.69, 9.17) is 18.3 Å². The Balaban J connectivity index is 2.16. The Bertz CT molecular complexity index is 916. The maximum absolute atomic E-state index is 12.4. The number of thioether (sulfide) groups is 1. The van der Waals surface area contributed by atoms with Crippen LogP contribution in [0.15, 0.2) is 26.4 Å². The number of fused-ring (bicyclic) bond motifs is 1. The summed E-state index contributed by atoms with van der Waals surface area (Å²) in [5, 5.41) is 11.1. The van der Waals surface area contributed by atoms with Crippen molar-refractivity contribution >= 4 is 31.0 Å². The third-order valence-corrected chi connectivity index (χ3v) is 12.6. The van der Waals surface area contributed by atoms with Gasteiger partial charge in [-0.2, -0.15) is 0 Å². The third kappa shape index (κ3) is 5.23. The molecule has 0 spiro atoms. The first-order chi connectivity index (χ1) is 14.6. The van der Waals surface area contributed by atoms with Crippen molar-refractivity contribution in [2.75, 3.05) is 26.6 Å². The molecular formula is C23H36O6SSi. The van der Waals surface area contributed by atoms with Gasteiger partial charge >= 0.3 is 0 Å². The zero-order valence-electron chi connectivity index (χ0n) is 19.9. The summed E-state index contributed by atoms with van der Waals surface area (Å²) in [6.45, 7) is 14.6. The van der Waals surface area contributed by atoms with Crippen LogP contribution in [-0.4, -0.2) is 40.0 Å². The van der Waals surface area contributed by atoms with Crippen LogP contribution in [0.25, 0.3) is 11.0 Å². The van der Waals surface area contributed by atoms with Gasteiger partial charge in [0.25, 0.3) is 0 Å². The summed E-state index contributed by atoms with van der Waals surface area (Å²) in [5.74, 6) is 0.209. The van der Waals surface area contributed by atoms with Gasteiger partial charge in [0.15, 0.2) is 30.3 Å². The molecular weight excluding hydrogens is 432 g/mol. The molecule has 0 fully saturated rings. The van der Waals surface area contributed by atoms with Crippen LogP contribution >= 0.6 is 11.8 Å². The quantitative estimate of drug-likeness (QED) is 0.239. The van der Waals surface area contributed by atoms with Gasteiger partial charge in [0.1, 0.15) is 11.0 Å². The largest absolute Gasteiger partial charge is 0.504 e. The SMILES string of the molecule is COc1c(OCCCO[Si](C(C)C)(C(C)C)C(C)C)cc2oc(SC)cc(=O)c2c1O. The number of phenols is 1. The zero-order valence-corrected chi connectivity index (χ0v) is 21.7. The summed E-state index contributed by atoms with van der Waals surface area (Å²) in [4.78, 5) is 12.4. The Morgan fingerprint density at radius 2 is 1.68 bits per heavy atom. The monoisotopic (exact) mass is 468 g/mol. The normalized spacial score (nSPS) is 12.4. The third-order valence-electron chi connectivity index (χ3n) is 5.90. The Labute approximate surface area is 190 Å². The van der Waals surface area contributed by atoms with Crippen LogP contribution in [0, 0.1) is 0 Å². The fraction of sp³-hybridized carbons (Fsp3) is 0.609. The molecule has 0 saturated carbocycles. The summed E-state index contributed by atoms with van der Waals surface area (Å²) in [6.07, 6.45) is 2.53. The van der Waals surface area contributed by atoms with Crippen molar-refractivity contribution in [3.05, 3.63) is 22.4 Å². The van der Waals surface area contributed by atoms with E-state index in [1.54, 1.807) is 6.07 Å². The Hall–Kier alpha value is -1.64. The van der Waals surface area contributed by atoms with E-state index in [9.17, 15) is 9.90 Å². The second kappa shape index (κ2) is 10.8. The van der Waals surface area contributed by atoms with E-state index >= 15 is 0 Å². The highest BCUT2D eigenvalue weighted by Gasteiger charge is 2.44. The summed E-state index contributed by atoms with van der Waals surface area (Å²) in [6, 6.07) is 2.96. The molecule has 0 bridgehead atoms. The average Bonchev–Trinajstić information content (AvgIpc) is 2.69. The maximum Gasteiger partial charge on any atom is 0.204 e. The lowest BCUT2D eigenvalue weighted by atomic mass is 10.2. The molecule has 31 heavy (non-hydrogen) atoms. The number of phenolic OH excluding ortho intramolecular Hbond substituents is 1. The predicted octanol–water partition coefficient (Wildman–Crippen LogP) is 6.19. The van der Waals surface area contributed by atoms with E-state index in [-0.39, 0.29) is 27.9 Å². The van der Waals surface area contributed by atoms with Gasteiger partial charge in [-0.05, 0) is 22.9 Å². The number of benzene rings is 1. The summed E-state index contributed by atoms with van der Waals surface area (Å²) < 4.78 is 23.5. The van der Waals surface area contributed by atoms with Crippen molar-refractivity contribution in [2.24, 2.45) is 0 Å². The Morgan fingerprint density at radius 3 is 2.19 bits per heavy atom. The molecule has 2 rings (SSSR count). The number of hydrogen-bond donors (Lipinski definition) is 1. The fourth-order valence-electron chi connectivity index (χ4n) is 4.63. The first kappa shape index (κ1) is 25.6. The van der Waals surface area contributed by atoms with E-state index < -0.39 is 8.32 Å². The van der Waals surface area contributed by atoms with Crippen LogP contribution < -0.4 is 14.9 Å².